The molecule has 0 saturated carbocycles. The molecule has 0 amide bonds. The summed E-state index contributed by atoms with van der Waals surface area (Å²) in [5, 5.41) is 9.84. The monoisotopic (exact) mass is 333 g/mol. The van der Waals surface area contributed by atoms with Crippen LogP contribution in [0.5, 0.6) is 11.5 Å². The van der Waals surface area contributed by atoms with Crippen molar-refractivity contribution in [2.45, 2.75) is 24.8 Å². The molecule has 0 radical (unpaired) electrons. The first-order valence-electron chi connectivity index (χ1n) is 7.37. The van der Waals surface area contributed by atoms with E-state index >= 15 is 0 Å². The third-order valence-corrected chi connectivity index (χ3v) is 5.95. The maximum Gasteiger partial charge on any atom is 0.243 e. The van der Waals surface area contributed by atoms with Crippen molar-refractivity contribution in [1.29, 1.82) is 0 Å². The van der Waals surface area contributed by atoms with Crippen LogP contribution in [0.2, 0.25) is 0 Å². The van der Waals surface area contributed by atoms with Crippen molar-refractivity contribution in [3.63, 3.8) is 0 Å². The lowest BCUT2D eigenvalue weighted by atomic mass is 10.0. The largest absolute Gasteiger partial charge is 0.504 e. The molecule has 23 heavy (non-hydrogen) atoms. The van der Waals surface area contributed by atoms with E-state index in [1.54, 1.807) is 30.3 Å². The minimum absolute atomic E-state index is 0.0845. The summed E-state index contributed by atoms with van der Waals surface area (Å²) in [6, 6.07) is 10.3. The molecule has 1 aliphatic rings. The number of aromatic hydroxyl groups is 1. The molecule has 3 rings (SSSR count). The molecule has 1 N–H and O–H groups in total. The van der Waals surface area contributed by atoms with E-state index in [2.05, 4.69) is 0 Å². The van der Waals surface area contributed by atoms with E-state index < -0.39 is 10.0 Å². The molecule has 0 unspecified atom stereocenters. The predicted molar refractivity (Wildman–Crippen MR) is 87.1 cm³/mol. The van der Waals surface area contributed by atoms with Crippen molar-refractivity contribution in [2.75, 3.05) is 13.7 Å². The number of ether oxygens (including phenoxy) is 1. The maximum atomic E-state index is 12.8. The molecule has 0 aromatic heterocycles. The molecule has 0 aliphatic carbocycles. The topological polar surface area (TPSA) is 66.8 Å². The zero-order valence-corrected chi connectivity index (χ0v) is 13.9. The van der Waals surface area contributed by atoms with Gasteiger partial charge in [0.05, 0.1) is 12.0 Å². The summed E-state index contributed by atoms with van der Waals surface area (Å²) in [7, 11) is -2.05. The highest BCUT2D eigenvalue weighted by Gasteiger charge is 2.29. The van der Waals surface area contributed by atoms with Gasteiger partial charge in [0.1, 0.15) is 0 Å². The average Bonchev–Trinajstić information content (AvgIpc) is 2.53. The first-order chi connectivity index (χ1) is 10.9. The number of aryl methyl sites for hydroxylation is 1. The van der Waals surface area contributed by atoms with E-state index in [9.17, 15) is 13.5 Å². The Hall–Kier alpha value is -2.05. The van der Waals surface area contributed by atoms with E-state index in [1.807, 2.05) is 13.0 Å². The fourth-order valence-electron chi connectivity index (χ4n) is 2.84. The molecule has 0 spiro atoms. The molecule has 0 atom stereocenters. The Morgan fingerprint density at radius 2 is 1.96 bits per heavy atom. The highest BCUT2D eigenvalue weighted by atomic mass is 32.2. The lowest BCUT2D eigenvalue weighted by molar-refractivity contribution is 0.363. The van der Waals surface area contributed by atoms with Crippen LogP contribution in [0.1, 0.15) is 16.7 Å². The van der Waals surface area contributed by atoms with Gasteiger partial charge in [0.15, 0.2) is 11.5 Å². The molecule has 122 valence electrons. The Morgan fingerprint density at radius 1 is 1.17 bits per heavy atom. The van der Waals surface area contributed by atoms with Gasteiger partial charge in [-0.05, 0) is 54.3 Å². The SMILES string of the molecule is COc1cc2c(cc1O)CCN(S(=O)(=O)c1cccc(C)c1)C2. The Labute approximate surface area is 136 Å². The molecular formula is C17H19NO4S. The van der Waals surface area contributed by atoms with Crippen LogP contribution < -0.4 is 4.74 Å². The smallest absolute Gasteiger partial charge is 0.243 e. The van der Waals surface area contributed by atoms with Crippen LogP contribution in [0.4, 0.5) is 0 Å². The Morgan fingerprint density at radius 3 is 2.65 bits per heavy atom. The summed E-state index contributed by atoms with van der Waals surface area (Å²) in [6.07, 6.45) is 0.567. The van der Waals surface area contributed by atoms with Gasteiger partial charge in [-0.1, -0.05) is 12.1 Å². The normalized spacial score (nSPS) is 15.2. The minimum atomic E-state index is -3.53. The standard InChI is InChI=1S/C17H19NO4S/c1-12-4-3-5-15(8-12)23(20,21)18-7-6-13-9-16(19)17(22-2)10-14(13)11-18/h3-5,8-10,19H,6-7,11H2,1-2H3. The van der Waals surface area contributed by atoms with Crippen molar-refractivity contribution < 1.29 is 18.3 Å². The first kappa shape index (κ1) is 15.8. The van der Waals surface area contributed by atoms with Crippen LogP contribution in [0.25, 0.3) is 0 Å². The molecule has 2 aromatic rings. The summed E-state index contributed by atoms with van der Waals surface area (Å²) in [4.78, 5) is 0.312. The second kappa shape index (κ2) is 5.86. The fraction of sp³-hybridized carbons (Fsp3) is 0.294. The Kier molecular flexibility index (Phi) is 4.04. The summed E-state index contributed by atoms with van der Waals surface area (Å²) >= 11 is 0. The van der Waals surface area contributed by atoms with Crippen LogP contribution >= 0.6 is 0 Å². The maximum absolute atomic E-state index is 12.8. The van der Waals surface area contributed by atoms with Gasteiger partial charge in [-0.25, -0.2) is 8.42 Å². The summed E-state index contributed by atoms with van der Waals surface area (Å²) in [5.41, 5.74) is 2.73. The van der Waals surface area contributed by atoms with Gasteiger partial charge in [-0.15, -0.1) is 0 Å². The summed E-state index contributed by atoms with van der Waals surface area (Å²) < 4.78 is 32.2. The van der Waals surface area contributed by atoms with E-state index in [-0.39, 0.29) is 12.3 Å². The van der Waals surface area contributed by atoms with Crippen molar-refractivity contribution in [3.05, 3.63) is 53.1 Å². The molecule has 0 fully saturated rings. The molecule has 0 saturated heterocycles. The second-order valence-electron chi connectivity index (χ2n) is 5.70. The van der Waals surface area contributed by atoms with Gasteiger partial charge in [0.25, 0.3) is 0 Å². The number of phenolic OH excluding ortho intramolecular Hbond substituents is 1. The average molecular weight is 333 g/mol. The first-order valence-corrected chi connectivity index (χ1v) is 8.81. The predicted octanol–water partition coefficient (Wildman–Crippen LogP) is 2.46. The van der Waals surface area contributed by atoms with Crippen molar-refractivity contribution in [2.24, 2.45) is 0 Å². The highest BCUT2D eigenvalue weighted by molar-refractivity contribution is 7.89. The molecule has 1 aliphatic heterocycles. The molecule has 0 bridgehead atoms. The zero-order chi connectivity index (χ0) is 16.6. The number of hydrogen-bond donors (Lipinski definition) is 1. The highest BCUT2D eigenvalue weighted by Crippen LogP contribution is 2.33. The van der Waals surface area contributed by atoms with Crippen molar-refractivity contribution >= 4 is 10.0 Å². The van der Waals surface area contributed by atoms with Gasteiger partial charge in [-0.3, -0.25) is 0 Å². The molecule has 5 nitrogen and oxygen atoms in total. The van der Waals surface area contributed by atoms with Crippen LogP contribution in [-0.4, -0.2) is 31.5 Å². The van der Waals surface area contributed by atoms with Gasteiger partial charge in [-0.2, -0.15) is 4.31 Å². The van der Waals surface area contributed by atoms with Crippen LogP contribution in [-0.2, 0) is 23.0 Å². The Bertz CT molecular complexity index is 846. The lowest BCUT2D eigenvalue weighted by Gasteiger charge is -2.28. The van der Waals surface area contributed by atoms with Crippen LogP contribution in [0.15, 0.2) is 41.3 Å². The lowest BCUT2D eigenvalue weighted by Crippen LogP contribution is -2.36. The minimum Gasteiger partial charge on any atom is -0.504 e. The third kappa shape index (κ3) is 2.92. The van der Waals surface area contributed by atoms with Gasteiger partial charge in [0, 0.05) is 13.1 Å². The fourth-order valence-corrected chi connectivity index (χ4v) is 4.37. The number of phenols is 1. The number of hydrogen-bond acceptors (Lipinski definition) is 4. The van der Waals surface area contributed by atoms with Crippen LogP contribution in [0.3, 0.4) is 0 Å². The summed E-state index contributed by atoms with van der Waals surface area (Å²) in [6.45, 7) is 2.55. The quantitative estimate of drug-likeness (QED) is 0.937. The van der Waals surface area contributed by atoms with E-state index in [0.717, 1.165) is 16.7 Å². The molecule has 2 aromatic carbocycles. The number of methoxy groups -OCH3 is 1. The van der Waals surface area contributed by atoms with Crippen molar-refractivity contribution in [1.82, 2.24) is 4.31 Å². The molecule has 6 heteroatoms. The van der Waals surface area contributed by atoms with E-state index in [4.69, 9.17) is 4.74 Å². The van der Waals surface area contributed by atoms with Gasteiger partial charge >= 0.3 is 0 Å². The number of rotatable bonds is 3. The zero-order valence-electron chi connectivity index (χ0n) is 13.1. The van der Waals surface area contributed by atoms with Crippen LogP contribution in [0, 0.1) is 6.92 Å². The number of benzene rings is 2. The van der Waals surface area contributed by atoms with Crippen molar-refractivity contribution in [3.8, 4) is 11.5 Å². The number of nitrogens with zero attached hydrogens (tertiary/aromatic N) is 1. The Balaban J connectivity index is 1.95. The van der Waals surface area contributed by atoms with E-state index in [0.29, 0.717) is 23.6 Å². The summed E-state index contributed by atoms with van der Waals surface area (Å²) in [5.74, 6) is 0.444. The second-order valence-corrected chi connectivity index (χ2v) is 7.64. The number of fused-ring (bicyclic) bond motifs is 1. The third-order valence-electron chi connectivity index (χ3n) is 4.11. The van der Waals surface area contributed by atoms with Gasteiger partial charge < -0.3 is 9.84 Å². The molecule has 1 heterocycles. The van der Waals surface area contributed by atoms with Gasteiger partial charge in [0.2, 0.25) is 10.0 Å². The molecular weight excluding hydrogens is 314 g/mol. The van der Waals surface area contributed by atoms with E-state index in [1.165, 1.54) is 11.4 Å². The number of sulfonamides is 1.